The van der Waals surface area contributed by atoms with Gasteiger partial charge in [-0.2, -0.15) is 0 Å². The maximum atomic E-state index is 6.06. The molecule has 0 aliphatic heterocycles. The first-order valence-corrected chi connectivity index (χ1v) is 10.4. The van der Waals surface area contributed by atoms with E-state index in [-0.39, 0.29) is 6.79 Å². The minimum absolute atomic E-state index is 0.179. The number of hydrogen-bond acceptors (Lipinski definition) is 4. The zero-order valence-corrected chi connectivity index (χ0v) is 17.8. The molecular formula is C26H30O4. The molecule has 0 heterocycles. The third-order valence-corrected chi connectivity index (χ3v) is 4.71. The zero-order valence-electron chi connectivity index (χ0n) is 17.8. The highest BCUT2D eigenvalue weighted by atomic mass is 16.7. The fourth-order valence-electron chi connectivity index (χ4n) is 3.11. The second-order valence-electron chi connectivity index (χ2n) is 6.97. The highest BCUT2D eigenvalue weighted by Crippen LogP contribution is 2.36. The van der Waals surface area contributed by atoms with Crippen molar-refractivity contribution in [3.05, 3.63) is 72.8 Å². The molecule has 0 aromatic heterocycles. The topological polar surface area (TPSA) is 36.9 Å². The normalized spacial score (nSPS) is 10.7. The predicted molar refractivity (Wildman–Crippen MR) is 121 cm³/mol. The monoisotopic (exact) mass is 406 g/mol. The molecule has 4 heteroatoms. The van der Waals surface area contributed by atoms with Crippen molar-refractivity contribution >= 4 is 0 Å². The van der Waals surface area contributed by atoms with Gasteiger partial charge in [0.1, 0.15) is 11.5 Å². The summed E-state index contributed by atoms with van der Waals surface area (Å²) in [7, 11) is 1.65. The summed E-state index contributed by atoms with van der Waals surface area (Å²) in [6.45, 7) is 4.09. The van der Waals surface area contributed by atoms with Crippen LogP contribution in [-0.2, 0) is 9.47 Å². The van der Waals surface area contributed by atoms with Crippen LogP contribution in [0.1, 0.15) is 19.8 Å². The maximum absolute atomic E-state index is 6.06. The van der Waals surface area contributed by atoms with E-state index < -0.39 is 0 Å². The molecule has 0 aliphatic carbocycles. The van der Waals surface area contributed by atoms with E-state index in [4.69, 9.17) is 18.9 Å². The number of ether oxygens (including phenoxy) is 4. The van der Waals surface area contributed by atoms with E-state index in [9.17, 15) is 0 Å². The van der Waals surface area contributed by atoms with E-state index in [0.29, 0.717) is 19.8 Å². The molecule has 30 heavy (non-hydrogen) atoms. The molecule has 3 rings (SSSR count). The van der Waals surface area contributed by atoms with E-state index in [1.807, 2.05) is 36.4 Å². The number of hydrogen-bond donors (Lipinski definition) is 0. The van der Waals surface area contributed by atoms with Gasteiger partial charge in [-0.3, -0.25) is 0 Å². The van der Waals surface area contributed by atoms with Crippen molar-refractivity contribution < 1.29 is 18.9 Å². The summed E-state index contributed by atoms with van der Waals surface area (Å²) in [6, 6.07) is 24.7. The molecule has 0 aliphatic rings. The summed E-state index contributed by atoms with van der Waals surface area (Å²) in [5.74, 6) is 1.64. The fraction of sp³-hybridized carbons (Fsp3) is 0.308. The summed E-state index contributed by atoms with van der Waals surface area (Å²) >= 11 is 0. The highest BCUT2D eigenvalue weighted by molar-refractivity contribution is 5.78. The van der Waals surface area contributed by atoms with Crippen LogP contribution in [0.25, 0.3) is 22.3 Å². The molecule has 0 saturated heterocycles. The fourth-order valence-corrected chi connectivity index (χ4v) is 3.11. The largest absolute Gasteiger partial charge is 0.494 e. The highest BCUT2D eigenvalue weighted by Gasteiger charge is 2.11. The van der Waals surface area contributed by atoms with Gasteiger partial charge in [-0.25, -0.2) is 0 Å². The number of methoxy groups -OCH3 is 1. The van der Waals surface area contributed by atoms with Gasteiger partial charge in [0.2, 0.25) is 0 Å². The van der Waals surface area contributed by atoms with Crippen molar-refractivity contribution in [2.45, 2.75) is 19.8 Å². The minimum atomic E-state index is 0.179. The standard InChI is InChI=1S/C26H30O4/c1-3-4-14-29-24-18-22(21-10-6-5-7-11-21)17-23(19-24)25-12-8-9-13-26(25)30-20-28-16-15-27-2/h5-13,17-19H,3-4,14-16,20H2,1-2H3. The number of rotatable bonds is 12. The first kappa shape index (κ1) is 21.9. The SMILES string of the molecule is CCCCOc1cc(-c2ccccc2)cc(-c2ccccc2OCOCCOC)c1. The van der Waals surface area contributed by atoms with Crippen LogP contribution in [0, 0.1) is 0 Å². The van der Waals surface area contributed by atoms with Gasteiger partial charge < -0.3 is 18.9 Å². The maximum Gasteiger partial charge on any atom is 0.189 e. The average Bonchev–Trinajstić information content (AvgIpc) is 2.80. The van der Waals surface area contributed by atoms with Gasteiger partial charge in [-0.05, 0) is 47.4 Å². The van der Waals surface area contributed by atoms with Crippen molar-refractivity contribution in [3.8, 4) is 33.8 Å². The third-order valence-electron chi connectivity index (χ3n) is 4.71. The first-order chi connectivity index (χ1) is 14.8. The molecule has 0 unspecified atom stereocenters. The molecular weight excluding hydrogens is 376 g/mol. The number of para-hydroxylation sites is 1. The second-order valence-corrected chi connectivity index (χ2v) is 6.97. The molecule has 0 radical (unpaired) electrons. The van der Waals surface area contributed by atoms with Gasteiger partial charge in [-0.1, -0.05) is 61.9 Å². The molecule has 0 saturated carbocycles. The minimum Gasteiger partial charge on any atom is -0.494 e. The van der Waals surface area contributed by atoms with Crippen LogP contribution in [0.2, 0.25) is 0 Å². The molecule has 0 bridgehead atoms. The number of benzene rings is 3. The van der Waals surface area contributed by atoms with Gasteiger partial charge in [-0.15, -0.1) is 0 Å². The molecule has 0 amide bonds. The van der Waals surface area contributed by atoms with Crippen molar-refractivity contribution in [2.75, 3.05) is 33.7 Å². The zero-order chi connectivity index (χ0) is 21.0. The van der Waals surface area contributed by atoms with Gasteiger partial charge in [0.25, 0.3) is 0 Å². The summed E-state index contributed by atoms with van der Waals surface area (Å²) in [5, 5.41) is 0. The Morgan fingerprint density at radius 1 is 0.700 bits per heavy atom. The lowest BCUT2D eigenvalue weighted by molar-refractivity contribution is -0.00821. The molecule has 4 nitrogen and oxygen atoms in total. The van der Waals surface area contributed by atoms with E-state index in [1.54, 1.807) is 7.11 Å². The Morgan fingerprint density at radius 3 is 2.27 bits per heavy atom. The Bertz CT molecular complexity index is 893. The van der Waals surface area contributed by atoms with E-state index in [2.05, 4.69) is 43.3 Å². The van der Waals surface area contributed by atoms with E-state index in [0.717, 1.165) is 46.6 Å². The lowest BCUT2D eigenvalue weighted by Crippen LogP contribution is -2.08. The van der Waals surface area contributed by atoms with Gasteiger partial charge in [0.15, 0.2) is 6.79 Å². The Hall–Kier alpha value is -2.82. The molecule has 0 N–H and O–H groups in total. The van der Waals surface area contributed by atoms with E-state index in [1.165, 1.54) is 0 Å². The summed E-state index contributed by atoms with van der Waals surface area (Å²) in [4.78, 5) is 0. The summed E-state index contributed by atoms with van der Waals surface area (Å²) < 4.78 is 22.4. The first-order valence-electron chi connectivity index (χ1n) is 10.4. The molecule has 0 atom stereocenters. The molecule has 3 aromatic carbocycles. The van der Waals surface area contributed by atoms with Gasteiger partial charge >= 0.3 is 0 Å². The van der Waals surface area contributed by atoms with Crippen molar-refractivity contribution in [3.63, 3.8) is 0 Å². The molecule has 0 spiro atoms. The second kappa shape index (κ2) is 12.0. The van der Waals surface area contributed by atoms with Crippen LogP contribution in [0.15, 0.2) is 72.8 Å². The van der Waals surface area contributed by atoms with Gasteiger partial charge in [0.05, 0.1) is 19.8 Å². The smallest absolute Gasteiger partial charge is 0.189 e. The van der Waals surface area contributed by atoms with Crippen molar-refractivity contribution in [1.29, 1.82) is 0 Å². The van der Waals surface area contributed by atoms with Crippen LogP contribution in [0.4, 0.5) is 0 Å². The average molecular weight is 407 g/mol. The lowest BCUT2D eigenvalue weighted by Gasteiger charge is -2.15. The number of unbranched alkanes of at least 4 members (excludes halogenated alkanes) is 1. The Morgan fingerprint density at radius 2 is 1.47 bits per heavy atom. The van der Waals surface area contributed by atoms with Crippen LogP contribution in [-0.4, -0.2) is 33.7 Å². The molecule has 3 aromatic rings. The molecule has 158 valence electrons. The summed E-state index contributed by atoms with van der Waals surface area (Å²) in [6.07, 6.45) is 2.13. The van der Waals surface area contributed by atoms with E-state index >= 15 is 0 Å². The quantitative estimate of drug-likeness (QED) is 0.265. The Kier molecular flexibility index (Phi) is 8.76. The van der Waals surface area contributed by atoms with Crippen molar-refractivity contribution in [2.24, 2.45) is 0 Å². The lowest BCUT2D eigenvalue weighted by atomic mass is 9.98. The third kappa shape index (κ3) is 6.34. The Balaban J connectivity index is 1.89. The van der Waals surface area contributed by atoms with Crippen LogP contribution < -0.4 is 9.47 Å². The molecule has 0 fully saturated rings. The van der Waals surface area contributed by atoms with Crippen LogP contribution >= 0.6 is 0 Å². The summed E-state index contributed by atoms with van der Waals surface area (Å²) in [5.41, 5.74) is 4.33. The van der Waals surface area contributed by atoms with Crippen molar-refractivity contribution in [1.82, 2.24) is 0 Å². The Labute approximate surface area is 179 Å². The van der Waals surface area contributed by atoms with Crippen LogP contribution in [0.5, 0.6) is 11.5 Å². The van der Waals surface area contributed by atoms with Crippen LogP contribution in [0.3, 0.4) is 0 Å². The predicted octanol–water partition coefficient (Wildman–Crippen LogP) is 6.20. The van der Waals surface area contributed by atoms with Gasteiger partial charge in [0, 0.05) is 12.7 Å².